The number of aromatic nitrogens is 8. The standard InChI is InChI=1S/C17H29BrN5O6P.C14H24N5O7P.FH/c1-11(2)28-30(24,29-12(3)4)10-26-7-6-23-15-13(20-16(23)18)14(19)21-17(22-15)27-9-8-25-5;1-9(2)26-27(21,22)8-24-5-4-19-12-10(16-14(19)20)11(15)17-13(18-12)25-7-6-23-3;/h11-12H,6-10H2,1-5H3,(H2,19,21,22);9H,4-8H2,1-3H3,(H,16,20)(H,21,22)(H2,15,17,18);1H. The van der Waals surface area contributed by atoms with Gasteiger partial charge in [-0.2, -0.15) is 19.9 Å². The van der Waals surface area contributed by atoms with Crippen LogP contribution in [0.2, 0.25) is 0 Å². The Morgan fingerprint density at radius 3 is 1.74 bits per heavy atom. The zero-order chi connectivity index (χ0) is 42.3. The summed E-state index contributed by atoms with van der Waals surface area (Å²) in [7, 11) is -4.10. The van der Waals surface area contributed by atoms with Crippen molar-refractivity contribution in [2.24, 2.45) is 0 Å². The number of anilines is 2. The highest BCUT2D eigenvalue weighted by Crippen LogP contribution is 2.50. The first-order valence-corrected chi connectivity index (χ1v) is 22.0. The van der Waals surface area contributed by atoms with Gasteiger partial charge < -0.3 is 67.9 Å². The lowest BCUT2D eigenvalue weighted by atomic mass is 10.5. The van der Waals surface area contributed by atoms with Gasteiger partial charge in [-0.15, -0.1) is 0 Å². The van der Waals surface area contributed by atoms with Crippen LogP contribution in [0.5, 0.6) is 12.0 Å². The Morgan fingerprint density at radius 2 is 1.21 bits per heavy atom. The number of fused-ring (bicyclic) bond motifs is 2. The van der Waals surface area contributed by atoms with Crippen molar-refractivity contribution < 1.29 is 60.7 Å². The highest BCUT2D eigenvalue weighted by atomic mass is 79.9. The average molecular weight is 936 g/mol. The number of nitrogens with two attached hydrogens (primary N) is 2. The molecule has 330 valence electrons. The molecule has 1 atom stereocenters. The topological polar surface area (TPSA) is 297 Å². The number of aromatic amines is 1. The van der Waals surface area contributed by atoms with E-state index >= 15 is 0 Å². The number of nitrogens with zero attached hydrogens (tertiary/aromatic N) is 7. The molecule has 0 spiro atoms. The van der Waals surface area contributed by atoms with Crippen LogP contribution in [-0.4, -0.2) is 129 Å². The Bertz CT molecular complexity index is 2020. The van der Waals surface area contributed by atoms with Crippen molar-refractivity contribution in [3.63, 3.8) is 0 Å². The van der Waals surface area contributed by atoms with Gasteiger partial charge in [-0.05, 0) is 57.5 Å². The van der Waals surface area contributed by atoms with Crippen molar-refractivity contribution in [2.75, 3.05) is 78.0 Å². The first-order valence-electron chi connectivity index (χ1n) is 17.7. The molecule has 0 aliphatic rings. The molecule has 1 unspecified atom stereocenters. The van der Waals surface area contributed by atoms with Crippen molar-refractivity contribution in [2.45, 2.75) is 72.9 Å². The SMILES string of the molecule is COCCOc1nc(N)c2[nH]c(=O)n(CCOCP(=O)(O)OC(C)C)c2n1.COCCOc1nc(N)c2nc(Br)n(CCOCP(=O)(OC(C)C)OC(C)C)c2n1.F. The second-order valence-electron chi connectivity index (χ2n) is 12.7. The normalized spacial score (nSPS) is 12.9. The molecular weight excluding hydrogens is 881 g/mol. The van der Waals surface area contributed by atoms with Gasteiger partial charge in [0.2, 0.25) is 0 Å². The number of methoxy groups -OCH3 is 2. The summed E-state index contributed by atoms with van der Waals surface area (Å²) in [5.74, 6) is 0.266. The van der Waals surface area contributed by atoms with Crippen LogP contribution in [0.25, 0.3) is 22.3 Å². The number of ether oxygens (including phenoxy) is 6. The molecule has 0 radical (unpaired) electrons. The largest absolute Gasteiger partial charge is 0.461 e. The number of halogens is 2. The number of nitrogens with one attached hydrogen (secondary N) is 1. The van der Waals surface area contributed by atoms with Crippen LogP contribution in [0.15, 0.2) is 9.53 Å². The van der Waals surface area contributed by atoms with E-state index < -0.39 is 33.3 Å². The molecule has 0 aromatic carbocycles. The molecule has 27 heteroatoms. The third-order valence-corrected chi connectivity index (χ3v) is 10.6. The summed E-state index contributed by atoms with van der Waals surface area (Å²) in [5.41, 5.74) is 12.8. The number of rotatable bonds is 24. The summed E-state index contributed by atoms with van der Waals surface area (Å²) in [5, 5.41) is 0. The van der Waals surface area contributed by atoms with E-state index in [2.05, 4.69) is 45.8 Å². The summed E-state index contributed by atoms with van der Waals surface area (Å²) < 4.78 is 75.4. The van der Waals surface area contributed by atoms with Crippen molar-refractivity contribution >= 4 is 65.1 Å². The highest BCUT2D eigenvalue weighted by Gasteiger charge is 2.28. The van der Waals surface area contributed by atoms with Crippen LogP contribution in [0.4, 0.5) is 16.3 Å². The highest BCUT2D eigenvalue weighted by molar-refractivity contribution is 9.10. The molecule has 6 N–H and O–H groups in total. The Labute approximate surface area is 342 Å². The smallest absolute Gasteiger partial charge is 0.356 e. The molecule has 0 bridgehead atoms. The van der Waals surface area contributed by atoms with Crippen LogP contribution in [0.1, 0.15) is 41.5 Å². The number of H-pyrrole nitrogens is 1. The molecule has 0 amide bonds. The zero-order valence-corrected chi connectivity index (χ0v) is 37.0. The predicted octanol–water partition coefficient (Wildman–Crippen LogP) is 3.68. The van der Waals surface area contributed by atoms with E-state index in [1.54, 1.807) is 53.2 Å². The number of hydrogen-bond acceptors (Lipinski definition) is 19. The van der Waals surface area contributed by atoms with Gasteiger partial charge in [-0.25, -0.2) is 9.78 Å². The van der Waals surface area contributed by atoms with Gasteiger partial charge in [0.25, 0.3) is 0 Å². The van der Waals surface area contributed by atoms with Gasteiger partial charge in [0.15, 0.2) is 33.2 Å². The van der Waals surface area contributed by atoms with Gasteiger partial charge in [0.05, 0.1) is 57.8 Å². The molecule has 4 aromatic rings. The monoisotopic (exact) mass is 934 g/mol. The van der Waals surface area contributed by atoms with Crippen molar-refractivity contribution in [1.82, 2.24) is 39.0 Å². The second kappa shape index (κ2) is 24.0. The Kier molecular flexibility index (Phi) is 21.1. The van der Waals surface area contributed by atoms with Crippen LogP contribution in [0, 0.1) is 0 Å². The summed E-state index contributed by atoms with van der Waals surface area (Å²) in [6.07, 6.45) is -1.54. The molecule has 23 nitrogen and oxygen atoms in total. The van der Waals surface area contributed by atoms with E-state index in [4.69, 9.17) is 53.5 Å². The molecular formula is C31H54BrFN10O13P2. The van der Waals surface area contributed by atoms with Crippen LogP contribution in [0.3, 0.4) is 0 Å². The van der Waals surface area contributed by atoms with Gasteiger partial charge in [-0.3, -0.25) is 18.4 Å². The third kappa shape index (κ3) is 16.0. The minimum absolute atomic E-state index is 0. The maximum absolute atomic E-state index is 12.8. The number of nitrogen functional groups attached to an aromatic ring is 2. The van der Waals surface area contributed by atoms with Crippen LogP contribution < -0.4 is 26.6 Å². The molecule has 0 saturated carbocycles. The van der Waals surface area contributed by atoms with E-state index in [1.165, 1.54) is 11.7 Å². The Balaban J connectivity index is 0.000000395. The van der Waals surface area contributed by atoms with Gasteiger partial charge in [-0.1, -0.05) is 0 Å². The lowest BCUT2D eigenvalue weighted by Gasteiger charge is -2.22. The lowest BCUT2D eigenvalue weighted by molar-refractivity contribution is 0.0959. The van der Waals surface area contributed by atoms with Gasteiger partial charge in [0, 0.05) is 14.2 Å². The number of imidazole rings is 2. The first-order chi connectivity index (χ1) is 26.9. The molecule has 58 heavy (non-hydrogen) atoms. The van der Waals surface area contributed by atoms with Gasteiger partial charge >= 0.3 is 32.9 Å². The van der Waals surface area contributed by atoms with E-state index in [-0.39, 0.29) is 84.4 Å². The van der Waals surface area contributed by atoms with Gasteiger partial charge in [0.1, 0.15) is 31.4 Å². The lowest BCUT2D eigenvalue weighted by Crippen LogP contribution is -2.20. The Morgan fingerprint density at radius 1 is 0.707 bits per heavy atom. The minimum Gasteiger partial charge on any atom is -0.461 e. The van der Waals surface area contributed by atoms with Crippen molar-refractivity contribution in [3.8, 4) is 12.0 Å². The van der Waals surface area contributed by atoms with Crippen molar-refractivity contribution in [1.29, 1.82) is 0 Å². The first kappa shape index (κ1) is 50.8. The minimum atomic E-state index is -3.84. The predicted molar refractivity (Wildman–Crippen MR) is 215 cm³/mol. The van der Waals surface area contributed by atoms with E-state index in [0.717, 1.165) is 0 Å². The summed E-state index contributed by atoms with van der Waals surface area (Å²) >= 11 is 3.40. The Hall–Kier alpha value is -3.35. The summed E-state index contributed by atoms with van der Waals surface area (Å²) in [4.78, 5) is 45.3. The molecule has 0 saturated heterocycles. The van der Waals surface area contributed by atoms with Crippen molar-refractivity contribution in [3.05, 3.63) is 15.2 Å². The van der Waals surface area contributed by atoms with E-state index in [9.17, 15) is 18.8 Å². The van der Waals surface area contributed by atoms with E-state index in [0.29, 0.717) is 42.3 Å². The average Bonchev–Trinajstić information content (AvgIpc) is 3.59. The molecule has 0 aliphatic carbocycles. The molecule has 4 aromatic heterocycles. The zero-order valence-electron chi connectivity index (χ0n) is 33.6. The fraction of sp³-hybridized carbons (Fsp3) is 0.677. The molecule has 0 aliphatic heterocycles. The molecule has 4 heterocycles. The fourth-order valence-corrected chi connectivity index (χ4v) is 8.14. The van der Waals surface area contributed by atoms with Crippen LogP contribution in [-0.2, 0) is 54.7 Å². The fourth-order valence-electron chi connectivity index (χ4n) is 4.73. The molecule has 4 rings (SSSR count). The second-order valence-corrected chi connectivity index (χ2v) is 17.1. The van der Waals surface area contributed by atoms with E-state index in [1.807, 2.05) is 0 Å². The quantitative estimate of drug-likeness (QED) is 0.0442. The molecule has 0 fully saturated rings. The third-order valence-electron chi connectivity index (χ3n) is 6.76. The number of hydrogen-bond donors (Lipinski definition) is 4. The maximum atomic E-state index is 12.8. The van der Waals surface area contributed by atoms with Crippen LogP contribution >= 0.6 is 31.1 Å². The maximum Gasteiger partial charge on any atom is 0.356 e. The summed E-state index contributed by atoms with van der Waals surface area (Å²) in [6.45, 7) is 12.4. The summed E-state index contributed by atoms with van der Waals surface area (Å²) in [6, 6.07) is 0.141.